The van der Waals surface area contributed by atoms with E-state index in [0.717, 1.165) is 0 Å². The summed E-state index contributed by atoms with van der Waals surface area (Å²) in [6.07, 6.45) is -4.71. The van der Waals surface area contributed by atoms with Crippen molar-refractivity contribution in [3.8, 4) is 11.5 Å². The maximum Gasteiger partial charge on any atom is 0.416 e. The van der Waals surface area contributed by atoms with Crippen LogP contribution in [0.15, 0.2) is 30.3 Å². The number of alkyl halides is 3. The van der Waals surface area contributed by atoms with Gasteiger partial charge in [0.1, 0.15) is 0 Å². The van der Waals surface area contributed by atoms with E-state index in [1.165, 1.54) is 18.2 Å². The molecule has 2 rings (SSSR count). The number of nitrogens with two attached hydrogens (primary N) is 2. The van der Waals surface area contributed by atoms with Gasteiger partial charge in [0.25, 0.3) is 0 Å². The molecule has 0 radical (unpaired) electrons. The van der Waals surface area contributed by atoms with E-state index in [1.54, 1.807) is 0 Å². The van der Waals surface area contributed by atoms with E-state index >= 15 is 0 Å². The van der Waals surface area contributed by atoms with Gasteiger partial charge in [0.2, 0.25) is 0 Å². The fourth-order valence-electron chi connectivity index (χ4n) is 1.58. The summed E-state index contributed by atoms with van der Waals surface area (Å²) in [5.41, 5.74) is 10.2. The quantitative estimate of drug-likeness (QED) is 0.634. The second kappa shape index (κ2) is 5.33. The molecule has 0 amide bonds. The lowest BCUT2D eigenvalue weighted by atomic mass is 10.2. The van der Waals surface area contributed by atoms with Crippen molar-refractivity contribution in [1.82, 2.24) is 0 Å². The Morgan fingerprint density at radius 2 is 1.76 bits per heavy atom. The summed E-state index contributed by atoms with van der Waals surface area (Å²) >= 11 is 5.65. The lowest BCUT2D eigenvalue weighted by Gasteiger charge is -2.14. The predicted molar refractivity (Wildman–Crippen MR) is 71.8 cm³/mol. The number of hydrogen-bond acceptors (Lipinski definition) is 3. The van der Waals surface area contributed by atoms with Crippen LogP contribution in [0.4, 0.5) is 28.9 Å². The highest BCUT2D eigenvalue weighted by molar-refractivity contribution is 6.32. The summed E-state index contributed by atoms with van der Waals surface area (Å²) in [6, 6.07) is 5.25. The van der Waals surface area contributed by atoms with Gasteiger partial charge in [0.15, 0.2) is 17.3 Å². The van der Waals surface area contributed by atoms with E-state index in [2.05, 4.69) is 0 Å². The summed E-state index contributed by atoms with van der Waals surface area (Å²) in [4.78, 5) is 0. The van der Waals surface area contributed by atoms with E-state index in [0.29, 0.717) is 12.1 Å². The van der Waals surface area contributed by atoms with Crippen molar-refractivity contribution in [1.29, 1.82) is 0 Å². The van der Waals surface area contributed by atoms with Gasteiger partial charge in [0.05, 0.1) is 22.0 Å². The Labute approximate surface area is 122 Å². The molecule has 112 valence electrons. The molecule has 0 aliphatic carbocycles. The minimum absolute atomic E-state index is 0.00411. The van der Waals surface area contributed by atoms with Crippen LogP contribution in [-0.2, 0) is 6.18 Å². The van der Waals surface area contributed by atoms with Crippen molar-refractivity contribution >= 4 is 23.0 Å². The number of para-hydroxylation sites is 1. The van der Waals surface area contributed by atoms with E-state index in [9.17, 15) is 17.6 Å². The minimum atomic E-state index is -4.71. The van der Waals surface area contributed by atoms with Crippen molar-refractivity contribution in [3.63, 3.8) is 0 Å². The van der Waals surface area contributed by atoms with Crippen molar-refractivity contribution in [2.24, 2.45) is 0 Å². The molecule has 8 heteroatoms. The number of nitrogen functional groups attached to an aromatic ring is 2. The average Bonchev–Trinajstić information content (AvgIpc) is 2.37. The third-order valence-corrected chi connectivity index (χ3v) is 2.92. The molecule has 0 saturated heterocycles. The number of benzene rings is 2. The molecule has 0 unspecified atom stereocenters. The first kappa shape index (κ1) is 15.2. The second-order valence-electron chi connectivity index (χ2n) is 4.13. The minimum Gasteiger partial charge on any atom is -0.450 e. The fraction of sp³-hybridized carbons (Fsp3) is 0.0769. The molecule has 4 N–H and O–H groups in total. The van der Waals surface area contributed by atoms with Gasteiger partial charge in [0, 0.05) is 0 Å². The SMILES string of the molecule is Nc1cccc(Oc2c(F)cc(C(F)(F)F)cc2Cl)c1N. The van der Waals surface area contributed by atoms with E-state index < -0.39 is 28.3 Å². The lowest BCUT2D eigenvalue weighted by Crippen LogP contribution is -2.06. The highest BCUT2D eigenvalue weighted by Gasteiger charge is 2.32. The number of anilines is 2. The van der Waals surface area contributed by atoms with Gasteiger partial charge in [-0.15, -0.1) is 0 Å². The predicted octanol–water partition coefficient (Wildman–Crippen LogP) is 4.45. The Hall–Kier alpha value is -2.15. The summed E-state index contributed by atoms with van der Waals surface area (Å²) < 4.78 is 56.5. The van der Waals surface area contributed by atoms with Gasteiger partial charge in [-0.3, -0.25) is 0 Å². The number of ether oxygens (including phenoxy) is 1. The van der Waals surface area contributed by atoms with Crippen molar-refractivity contribution < 1.29 is 22.3 Å². The monoisotopic (exact) mass is 320 g/mol. The second-order valence-corrected chi connectivity index (χ2v) is 4.54. The van der Waals surface area contributed by atoms with Crippen LogP contribution in [0, 0.1) is 5.82 Å². The Kier molecular flexibility index (Phi) is 3.87. The Balaban J connectivity index is 2.44. The van der Waals surface area contributed by atoms with Crippen LogP contribution in [0.1, 0.15) is 5.56 Å². The number of halogens is 5. The van der Waals surface area contributed by atoms with Gasteiger partial charge in [-0.25, -0.2) is 4.39 Å². The molecule has 21 heavy (non-hydrogen) atoms. The van der Waals surface area contributed by atoms with Crippen LogP contribution in [0.2, 0.25) is 5.02 Å². The average molecular weight is 321 g/mol. The van der Waals surface area contributed by atoms with Gasteiger partial charge in [-0.05, 0) is 24.3 Å². The first-order valence-corrected chi connectivity index (χ1v) is 5.96. The van der Waals surface area contributed by atoms with E-state index in [-0.39, 0.29) is 17.1 Å². The van der Waals surface area contributed by atoms with Crippen molar-refractivity contribution in [2.45, 2.75) is 6.18 Å². The zero-order valence-corrected chi connectivity index (χ0v) is 11.1. The largest absolute Gasteiger partial charge is 0.450 e. The molecular formula is C13H9ClF4N2O. The molecule has 0 atom stereocenters. The molecule has 2 aromatic carbocycles. The molecule has 0 saturated carbocycles. The highest BCUT2D eigenvalue weighted by Crippen LogP contribution is 2.40. The first-order valence-electron chi connectivity index (χ1n) is 5.58. The summed E-state index contributed by atoms with van der Waals surface area (Å²) in [5.74, 6) is -1.81. The smallest absolute Gasteiger partial charge is 0.416 e. The van der Waals surface area contributed by atoms with Gasteiger partial charge >= 0.3 is 6.18 Å². The number of hydrogen-bond donors (Lipinski definition) is 2. The Bertz CT molecular complexity index is 665. The molecule has 2 aromatic rings. The highest BCUT2D eigenvalue weighted by atomic mass is 35.5. The van der Waals surface area contributed by atoms with Crippen LogP contribution in [0.5, 0.6) is 11.5 Å². The Morgan fingerprint density at radius 3 is 2.33 bits per heavy atom. The molecule has 0 aliphatic rings. The van der Waals surface area contributed by atoms with Crippen LogP contribution >= 0.6 is 11.6 Å². The molecule has 0 fully saturated rings. The van der Waals surface area contributed by atoms with Crippen molar-refractivity contribution in [2.75, 3.05) is 11.5 Å². The standard InChI is InChI=1S/C13H9ClF4N2O/c14-7-4-6(13(16,17)18)5-8(15)12(7)21-10-3-1-2-9(19)11(10)20/h1-5H,19-20H2. The van der Waals surface area contributed by atoms with Gasteiger partial charge < -0.3 is 16.2 Å². The van der Waals surface area contributed by atoms with Crippen molar-refractivity contribution in [3.05, 3.63) is 46.7 Å². The number of rotatable bonds is 2. The summed E-state index contributed by atoms with van der Waals surface area (Å²) in [7, 11) is 0. The molecule has 0 heterocycles. The molecule has 3 nitrogen and oxygen atoms in total. The summed E-state index contributed by atoms with van der Waals surface area (Å²) in [5, 5.41) is -0.524. The van der Waals surface area contributed by atoms with Crippen LogP contribution in [-0.4, -0.2) is 0 Å². The molecule has 0 aliphatic heterocycles. The Morgan fingerprint density at radius 1 is 1.10 bits per heavy atom. The molecule has 0 spiro atoms. The van der Waals surface area contributed by atoms with E-state index in [4.69, 9.17) is 27.8 Å². The van der Waals surface area contributed by atoms with Crippen LogP contribution < -0.4 is 16.2 Å². The summed E-state index contributed by atoms with van der Waals surface area (Å²) in [6.45, 7) is 0. The third kappa shape index (κ3) is 3.13. The zero-order valence-electron chi connectivity index (χ0n) is 10.3. The molecule has 0 bridgehead atoms. The molecule has 0 aromatic heterocycles. The van der Waals surface area contributed by atoms with Gasteiger partial charge in [-0.1, -0.05) is 17.7 Å². The topological polar surface area (TPSA) is 61.3 Å². The first-order chi connectivity index (χ1) is 9.70. The van der Waals surface area contributed by atoms with Crippen LogP contribution in [0.25, 0.3) is 0 Å². The van der Waals surface area contributed by atoms with E-state index in [1.807, 2.05) is 0 Å². The maximum absolute atomic E-state index is 13.8. The maximum atomic E-state index is 13.8. The molecular weight excluding hydrogens is 312 g/mol. The van der Waals surface area contributed by atoms with Crippen LogP contribution in [0.3, 0.4) is 0 Å². The van der Waals surface area contributed by atoms with Gasteiger partial charge in [-0.2, -0.15) is 13.2 Å². The lowest BCUT2D eigenvalue weighted by molar-refractivity contribution is -0.137. The normalized spacial score (nSPS) is 11.5. The fourth-order valence-corrected chi connectivity index (χ4v) is 1.83. The zero-order chi connectivity index (χ0) is 15.8. The third-order valence-electron chi connectivity index (χ3n) is 2.64.